The zero-order chi connectivity index (χ0) is 10.2. The maximum absolute atomic E-state index is 4.60. The van der Waals surface area contributed by atoms with Gasteiger partial charge in [0.05, 0.1) is 0 Å². The van der Waals surface area contributed by atoms with Crippen LogP contribution in [0.4, 0.5) is 5.95 Å². The molecule has 1 aromatic rings. The van der Waals surface area contributed by atoms with E-state index in [4.69, 9.17) is 0 Å². The van der Waals surface area contributed by atoms with E-state index in [0.717, 1.165) is 24.0 Å². The lowest BCUT2D eigenvalue weighted by molar-refractivity contribution is 0.585. The molecule has 4 heteroatoms. The van der Waals surface area contributed by atoms with Crippen molar-refractivity contribution in [1.29, 1.82) is 0 Å². The van der Waals surface area contributed by atoms with Gasteiger partial charge in [-0.2, -0.15) is 4.37 Å². The number of hydrogen-bond acceptors (Lipinski definition) is 4. The van der Waals surface area contributed by atoms with Crippen LogP contribution in [0.15, 0.2) is 0 Å². The molecule has 0 N–H and O–H groups in total. The van der Waals surface area contributed by atoms with Crippen molar-refractivity contribution in [2.75, 3.05) is 18.0 Å². The fraction of sp³-hybridized carbons (Fsp3) is 0.800. The third-order valence-corrected chi connectivity index (χ3v) is 3.58. The Morgan fingerprint density at radius 1 is 1.21 bits per heavy atom. The third kappa shape index (κ3) is 1.90. The SMILES string of the molecule is CC(C)(C)c1nc(N2CCCC2)ns1. The van der Waals surface area contributed by atoms with Crippen LogP contribution in [-0.2, 0) is 5.41 Å². The summed E-state index contributed by atoms with van der Waals surface area (Å²) < 4.78 is 4.42. The number of hydrogen-bond donors (Lipinski definition) is 0. The van der Waals surface area contributed by atoms with Crippen molar-refractivity contribution in [1.82, 2.24) is 9.36 Å². The van der Waals surface area contributed by atoms with Gasteiger partial charge < -0.3 is 4.90 Å². The Morgan fingerprint density at radius 2 is 1.86 bits per heavy atom. The zero-order valence-electron chi connectivity index (χ0n) is 9.08. The predicted molar refractivity (Wildman–Crippen MR) is 60.1 cm³/mol. The van der Waals surface area contributed by atoms with Crippen LogP contribution in [0.1, 0.15) is 38.6 Å². The normalized spacial score (nSPS) is 17.8. The molecule has 2 rings (SSSR count). The molecule has 1 saturated heterocycles. The summed E-state index contributed by atoms with van der Waals surface area (Å²) in [6.45, 7) is 8.80. The first-order valence-electron chi connectivity index (χ1n) is 5.16. The van der Waals surface area contributed by atoms with Crippen molar-refractivity contribution < 1.29 is 0 Å². The summed E-state index contributed by atoms with van der Waals surface area (Å²) in [6, 6.07) is 0. The van der Waals surface area contributed by atoms with Crippen molar-refractivity contribution in [3.05, 3.63) is 5.01 Å². The molecule has 0 aliphatic carbocycles. The van der Waals surface area contributed by atoms with Gasteiger partial charge in [0.2, 0.25) is 5.95 Å². The van der Waals surface area contributed by atoms with Crippen LogP contribution in [0.2, 0.25) is 0 Å². The van der Waals surface area contributed by atoms with Gasteiger partial charge in [0.1, 0.15) is 5.01 Å². The topological polar surface area (TPSA) is 29.0 Å². The van der Waals surface area contributed by atoms with E-state index in [2.05, 4.69) is 35.0 Å². The fourth-order valence-corrected chi connectivity index (χ4v) is 2.29. The summed E-state index contributed by atoms with van der Waals surface area (Å²) in [5, 5.41) is 1.14. The Morgan fingerprint density at radius 3 is 2.36 bits per heavy atom. The molecule has 1 aliphatic rings. The van der Waals surface area contributed by atoms with Gasteiger partial charge >= 0.3 is 0 Å². The second-order valence-corrected chi connectivity index (χ2v) is 5.60. The molecule has 3 nitrogen and oxygen atoms in total. The monoisotopic (exact) mass is 211 g/mol. The summed E-state index contributed by atoms with van der Waals surface area (Å²) >= 11 is 1.54. The molecule has 1 aromatic heterocycles. The Bertz CT molecular complexity index is 307. The van der Waals surface area contributed by atoms with E-state index in [9.17, 15) is 0 Å². The number of nitrogens with zero attached hydrogens (tertiary/aromatic N) is 3. The Balaban J connectivity index is 2.17. The Labute approximate surface area is 89.3 Å². The van der Waals surface area contributed by atoms with Gasteiger partial charge in [-0.15, -0.1) is 0 Å². The quantitative estimate of drug-likeness (QED) is 0.714. The number of anilines is 1. The summed E-state index contributed by atoms with van der Waals surface area (Å²) in [6.07, 6.45) is 2.56. The van der Waals surface area contributed by atoms with Gasteiger partial charge in [-0.25, -0.2) is 4.98 Å². The van der Waals surface area contributed by atoms with E-state index >= 15 is 0 Å². The van der Waals surface area contributed by atoms with Gasteiger partial charge in [0, 0.05) is 18.5 Å². The first-order valence-corrected chi connectivity index (χ1v) is 5.94. The van der Waals surface area contributed by atoms with Gasteiger partial charge in [-0.05, 0) is 24.4 Å². The van der Waals surface area contributed by atoms with Crippen LogP contribution in [-0.4, -0.2) is 22.4 Å². The van der Waals surface area contributed by atoms with E-state index in [0.29, 0.717) is 0 Å². The highest BCUT2D eigenvalue weighted by Crippen LogP contribution is 2.27. The van der Waals surface area contributed by atoms with Gasteiger partial charge in [0.25, 0.3) is 0 Å². The minimum absolute atomic E-state index is 0.135. The maximum atomic E-state index is 4.60. The van der Waals surface area contributed by atoms with Crippen molar-refractivity contribution in [3.8, 4) is 0 Å². The van der Waals surface area contributed by atoms with Crippen molar-refractivity contribution in [3.63, 3.8) is 0 Å². The minimum atomic E-state index is 0.135. The molecule has 14 heavy (non-hydrogen) atoms. The number of rotatable bonds is 1. The molecule has 1 aliphatic heterocycles. The fourth-order valence-electron chi connectivity index (χ4n) is 1.57. The third-order valence-electron chi connectivity index (χ3n) is 2.45. The molecule has 0 spiro atoms. The summed E-state index contributed by atoms with van der Waals surface area (Å²) in [4.78, 5) is 6.88. The molecular formula is C10H17N3S. The largest absolute Gasteiger partial charge is 0.340 e. The highest BCUT2D eigenvalue weighted by molar-refractivity contribution is 7.05. The summed E-state index contributed by atoms with van der Waals surface area (Å²) in [7, 11) is 0. The Kier molecular flexibility index (Phi) is 2.47. The van der Waals surface area contributed by atoms with Crippen molar-refractivity contribution in [2.45, 2.75) is 39.0 Å². The molecule has 0 atom stereocenters. The minimum Gasteiger partial charge on any atom is -0.340 e. The van der Waals surface area contributed by atoms with E-state index in [1.54, 1.807) is 11.5 Å². The maximum Gasteiger partial charge on any atom is 0.237 e. The Hall–Kier alpha value is -0.640. The van der Waals surface area contributed by atoms with E-state index in [1.165, 1.54) is 12.8 Å². The molecule has 78 valence electrons. The van der Waals surface area contributed by atoms with Crippen LogP contribution >= 0.6 is 11.5 Å². The second kappa shape index (κ2) is 3.50. The molecule has 1 fully saturated rings. The van der Waals surface area contributed by atoms with Crippen LogP contribution in [0.5, 0.6) is 0 Å². The molecule has 0 aromatic carbocycles. The molecule has 0 saturated carbocycles. The zero-order valence-corrected chi connectivity index (χ0v) is 9.89. The summed E-state index contributed by atoms with van der Waals surface area (Å²) in [5.74, 6) is 0.942. The highest BCUT2D eigenvalue weighted by atomic mass is 32.1. The molecule has 2 heterocycles. The van der Waals surface area contributed by atoms with Crippen molar-refractivity contribution in [2.24, 2.45) is 0 Å². The first-order chi connectivity index (χ1) is 6.57. The average Bonchev–Trinajstić information content (AvgIpc) is 2.73. The van der Waals surface area contributed by atoms with Crippen LogP contribution in [0, 0.1) is 0 Å². The van der Waals surface area contributed by atoms with Gasteiger partial charge in [-0.3, -0.25) is 0 Å². The van der Waals surface area contributed by atoms with Crippen LogP contribution in [0.25, 0.3) is 0 Å². The first kappa shape index (κ1) is 9.90. The van der Waals surface area contributed by atoms with Gasteiger partial charge in [-0.1, -0.05) is 20.8 Å². The second-order valence-electron chi connectivity index (χ2n) is 4.84. The molecule has 0 unspecified atom stereocenters. The van der Waals surface area contributed by atoms with Crippen molar-refractivity contribution >= 4 is 17.5 Å². The smallest absolute Gasteiger partial charge is 0.237 e. The van der Waals surface area contributed by atoms with E-state index in [-0.39, 0.29) is 5.41 Å². The molecule has 0 bridgehead atoms. The van der Waals surface area contributed by atoms with Crippen LogP contribution in [0.3, 0.4) is 0 Å². The predicted octanol–water partition coefficient (Wildman–Crippen LogP) is 2.44. The number of aromatic nitrogens is 2. The highest BCUT2D eigenvalue weighted by Gasteiger charge is 2.22. The lowest BCUT2D eigenvalue weighted by atomic mass is 9.98. The lowest BCUT2D eigenvalue weighted by Gasteiger charge is -2.14. The standard InChI is InChI=1S/C10H17N3S/c1-10(2,3)8-11-9(12-14-8)13-6-4-5-7-13/h4-7H2,1-3H3. The van der Waals surface area contributed by atoms with Gasteiger partial charge in [0.15, 0.2) is 0 Å². The molecular weight excluding hydrogens is 194 g/mol. The molecule has 0 amide bonds. The average molecular weight is 211 g/mol. The van der Waals surface area contributed by atoms with Crippen LogP contribution < -0.4 is 4.90 Å². The summed E-state index contributed by atoms with van der Waals surface area (Å²) in [5.41, 5.74) is 0.135. The lowest BCUT2D eigenvalue weighted by Crippen LogP contribution is -2.19. The molecule has 0 radical (unpaired) electrons. The van der Waals surface area contributed by atoms with E-state index in [1.807, 2.05) is 0 Å². The van der Waals surface area contributed by atoms with E-state index < -0.39 is 0 Å².